The van der Waals surface area contributed by atoms with E-state index in [2.05, 4.69) is 31.2 Å². The Kier molecular flexibility index (Phi) is 11.0. The van der Waals surface area contributed by atoms with E-state index in [1.165, 1.54) is 18.4 Å². The minimum absolute atomic E-state index is 0.0110. The topological polar surface area (TPSA) is 71.4 Å². The Morgan fingerprint density at radius 2 is 1.39 bits per heavy atom. The molecule has 1 unspecified atom stereocenters. The molecule has 2 rings (SSSR count). The van der Waals surface area contributed by atoms with Gasteiger partial charge in [-0.2, -0.15) is 0 Å². The SMILES string of the molecule is CCCCc1ccc(-c2ccc(C(=O)CCC(C)C(=O)C[C@@H](CCCC)C(=O)O)cc2)cc1. The van der Waals surface area contributed by atoms with Crippen LogP contribution in [0, 0.1) is 11.8 Å². The van der Waals surface area contributed by atoms with Crippen molar-refractivity contribution in [3.05, 3.63) is 59.7 Å². The summed E-state index contributed by atoms with van der Waals surface area (Å²) in [5.74, 6) is -1.90. The second-order valence-electron chi connectivity index (χ2n) is 9.09. The van der Waals surface area contributed by atoms with Crippen molar-refractivity contribution < 1.29 is 19.5 Å². The molecule has 2 aromatic carbocycles. The number of aliphatic carboxylic acids is 1. The summed E-state index contributed by atoms with van der Waals surface area (Å²) in [6.07, 6.45) is 6.49. The highest BCUT2D eigenvalue weighted by Crippen LogP contribution is 2.23. The number of ketones is 2. The van der Waals surface area contributed by atoms with Gasteiger partial charge in [0.15, 0.2) is 5.78 Å². The number of carboxylic acids is 1. The lowest BCUT2D eigenvalue weighted by molar-refractivity contribution is -0.144. The smallest absolute Gasteiger partial charge is 0.306 e. The number of rotatable bonds is 15. The molecule has 0 aliphatic carbocycles. The number of aryl methyl sites for hydroxylation is 1. The van der Waals surface area contributed by atoms with Gasteiger partial charge in [0.25, 0.3) is 0 Å². The lowest BCUT2D eigenvalue weighted by atomic mass is 9.89. The van der Waals surface area contributed by atoms with Crippen LogP contribution >= 0.6 is 0 Å². The van der Waals surface area contributed by atoms with Crippen molar-refractivity contribution in [2.75, 3.05) is 0 Å². The van der Waals surface area contributed by atoms with Gasteiger partial charge in [-0.1, -0.05) is 88.6 Å². The summed E-state index contributed by atoms with van der Waals surface area (Å²) in [4.78, 5) is 36.5. The Bertz CT molecular complexity index is 896. The number of benzene rings is 2. The van der Waals surface area contributed by atoms with E-state index in [-0.39, 0.29) is 30.3 Å². The third kappa shape index (κ3) is 8.60. The average molecular weight is 451 g/mol. The number of carbonyl (C=O) groups excluding carboxylic acids is 2. The van der Waals surface area contributed by atoms with Crippen molar-refractivity contribution in [1.29, 1.82) is 0 Å². The maximum absolute atomic E-state index is 12.6. The first-order valence-corrected chi connectivity index (χ1v) is 12.3. The fourth-order valence-electron chi connectivity index (χ4n) is 3.95. The lowest BCUT2D eigenvalue weighted by Gasteiger charge is -2.15. The molecule has 0 heterocycles. The zero-order chi connectivity index (χ0) is 24.2. The van der Waals surface area contributed by atoms with Gasteiger partial charge in [-0.25, -0.2) is 0 Å². The van der Waals surface area contributed by atoms with Gasteiger partial charge in [-0.15, -0.1) is 0 Å². The molecule has 33 heavy (non-hydrogen) atoms. The van der Waals surface area contributed by atoms with Crippen LogP contribution < -0.4 is 0 Å². The van der Waals surface area contributed by atoms with Crippen molar-refractivity contribution in [3.8, 4) is 11.1 Å². The van der Waals surface area contributed by atoms with Crippen molar-refractivity contribution in [2.24, 2.45) is 11.8 Å². The lowest BCUT2D eigenvalue weighted by Crippen LogP contribution is -2.22. The summed E-state index contributed by atoms with van der Waals surface area (Å²) in [5, 5.41) is 9.34. The molecule has 0 saturated carbocycles. The Labute approximate surface area is 198 Å². The van der Waals surface area contributed by atoms with E-state index in [1.54, 1.807) is 6.92 Å². The first-order chi connectivity index (χ1) is 15.8. The van der Waals surface area contributed by atoms with Crippen LogP contribution in [0.25, 0.3) is 11.1 Å². The van der Waals surface area contributed by atoms with Gasteiger partial charge in [-0.05, 0) is 42.4 Å². The molecule has 0 saturated heterocycles. The maximum atomic E-state index is 12.6. The predicted molar refractivity (Wildman–Crippen MR) is 133 cm³/mol. The fourth-order valence-corrected chi connectivity index (χ4v) is 3.95. The van der Waals surface area contributed by atoms with Gasteiger partial charge in [0.2, 0.25) is 0 Å². The molecule has 1 N–H and O–H groups in total. The Hall–Kier alpha value is -2.75. The van der Waals surface area contributed by atoms with Crippen LogP contribution in [0.4, 0.5) is 0 Å². The largest absolute Gasteiger partial charge is 0.481 e. The summed E-state index contributed by atoms with van der Waals surface area (Å²) < 4.78 is 0. The van der Waals surface area contributed by atoms with Crippen LogP contribution in [-0.2, 0) is 16.0 Å². The van der Waals surface area contributed by atoms with Gasteiger partial charge in [0.1, 0.15) is 5.78 Å². The molecule has 178 valence electrons. The molecule has 0 bridgehead atoms. The molecular weight excluding hydrogens is 412 g/mol. The number of carboxylic acid groups (broad SMARTS) is 1. The molecule has 0 aliphatic heterocycles. The van der Waals surface area contributed by atoms with Gasteiger partial charge >= 0.3 is 5.97 Å². The second kappa shape index (κ2) is 13.7. The number of unbranched alkanes of at least 4 members (excludes halogenated alkanes) is 2. The molecule has 0 aliphatic rings. The highest BCUT2D eigenvalue weighted by molar-refractivity contribution is 5.97. The number of Topliss-reactive ketones (excluding diaryl/α,β-unsaturated/α-hetero) is 2. The van der Waals surface area contributed by atoms with E-state index in [0.29, 0.717) is 18.4 Å². The fraction of sp³-hybridized carbons (Fsp3) is 0.483. The van der Waals surface area contributed by atoms with Gasteiger partial charge in [0, 0.05) is 24.3 Å². The number of hydrogen-bond donors (Lipinski definition) is 1. The van der Waals surface area contributed by atoms with Crippen molar-refractivity contribution in [2.45, 2.75) is 78.6 Å². The van der Waals surface area contributed by atoms with Gasteiger partial charge in [0.05, 0.1) is 5.92 Å². The molecule has 4 heteroatoms. The summed E-state index contributed by atoms with van der Waals surface area (Å²) in [7, 11) is 0. The molecular formula is C29H38O4. The van der Waals surface area contributed by atoms with Gasteiger partial charge < -0.3 is 5.11 Å². The summed E-state index contributed by atoms with van der Waals surface area (Å²) in [5.41, 5.74) is 4.19. The molecule has 0 radical (unpaired) electrons. The molecule has 0 spiro atoms. The number of carbonyl (C=O) groups is 3. The molecule has 0 aromatic heterocycles. The first-order valence-electron chi connectivity index (χ1n) is 12.3. The predicted octanol–water partition coefficient (Wildman–Crippen LogP) is 7.15. The molecule has 0 fully saturated rings. The number of hydrogen-bond acceptors (Lipinski definition) is 3. The third-order valence-corrected chi connectivity index (χ3v) is 6.37. The highest BCUT2D eigenvalue weighted by atomic mass is 16.4. The Morgan fingerprint density at radius 3 is 1.94 bits per heavy atom. The van der Waals surface area contributed by atoms with Crippen molar-refractivity contribution in [1.82, 2.24) is 0 Å². The minimum atomic E-state index is -0.907. The first kappa shape index (κ1) is 26.5. The van der Waals surface area contributed by atoms with Crippen molar-refractivity contribution >= 4 is 17.5 Å². The third-order valence-electron chi connectivity index (χ3n) is 6.37. The zero-order valence-corrected chi connectivity index (χ0v) is 20.3. The Balaban J connectivity index is 1.88. The minimum Gasteiger partial charge on any atom is -0.481 e. The molecule has 2 aromatic rings. The normalized spacial score (nSPS) is 12.8. The maximum Gasteiger partial charge on any atom is 0.306 e. The quantitative estimate of drug-likeness (QED) is 0.293. The molecule has 2 atom stereocenters. The average Bonchev–Trinajstić information content (AvgIpc) is 2.83. The van der Waals surface area contributed by atoms with Crippen LogP contribution in [0.3, 0.4) is 0 Å². The van der Waals surface area contributed by atoms with Crippen molar-refractivity contribution in [3.63, 3.8) is 0 Å². The van der Waals surface area contributed by atoms with E-state index in [0.717, 1.165) is 30.4 Å². The van der Waals surface area contributed by atoms with E-state index in [1.807, 2.05) is 31.2 Å². The summed E-state index contributed by atoms with van der Waals surface area (Å²) in [6, 6.07) is 16.2. The highest BCUT2D eigenvalue weighted by Gasteiger charge is 2.24. The van der Waals surface area contributed by atoms with Crippen LogP contribution in [0.1, 0.15) is 88.1 Å². The van der Waals surface area contributed by atoms with Crippen LogP contribution in [0.2, 0.25) is 0 Å². The van der Waals surface area contributed by atoms with E-state index in [4.69, 9.17) is 0 Å². The van der Waals surface area contributed by atoms with E-state index < -0.39 is 11.9 Å². The van der Waals surface area contributed by atoms with Crippen LogP contribution in [-0.4, -0.2) is 22.6 Å². The summed E-state index contributed by atoms with van der Waals surface area (Å²) >= 11 is 0. The monoisotopic (exact) mass is 450 g/mol. The zero-order valence-electron chi connectivity index (χ0n) is 20.3. The van der Waals surface area contributed by atoms with Crippen LogP contribution in [0.15, 0.2) is 48.5 Å². The molecule has 0 amide bonds. The van der Waals surface area contributed by atoms with Crippen LogP contribution in [0.5, 0.6) is 0 Å². The van der Waals surface area contributed by atoms with Gasteiger partial charge in [-0.3, -0.25) is 14.4 Å². The molecule has 4 nitrogen and oxygen atoms in total. The van der Waals surface area contributed by atoms with E-state index in [9.17, 15) is 19.5 Å². The summed E-state index contributed by atoms with van der Waals surface area (Å²) in [6.45, 7) is 5.99. The Morgan fingerprint density at radius 1 is 0.818 bits per heavy atom. The standard InChI is InChI=1S/C29H38O4/c1-4-6-8-22-11-13-23(14-12-22)24-15-17-25(18-16-24)27(30)19-10-21(3)28(31)20-26(29(32)33)9-7-5-2/h11-18,21,26H,4-10,19-20H2,1-3H3,(H,32,33)/t21?,26-/m1/s1. The van der Waals surface area contributed by atoms with E-state index >= 15 is 0 Å². The second-order valence-corrected chi connectivity index (χ2v) is 9.09.